The van der Waals surface area contributed by atoms with E-state index in [1.54, 1.807) is 0 Å². The number of hydrogen-bond acceptors (Lipinski definition) is 6. The first-order valence-electron chi connectivity index (χ1n) is 14.0. The largest absolute Gasteiger partial charge is 0.393 e. The fourth-order valence-corrected chi connectivity index (χ4v) is 9.53. The Morgan fingerprint density at radius 3 is 2.37 bits per heavy atom. The van der Waals surface area contributed by atoms with Gasteiger partial charge in [0.05, 0.1) is 12.2 Å². The molecule has 5 fully saturated rings. The van der Waals surface area contributed by atoms with Gasteiger partial charge in [0.1, 0.15) is 0 Å². The van der Waals surface area contributed by atoms with Crippen molar-refractivity contribution >= 4 is 17.8 Å². The molecule has 0 aromatic carbocycles. The van der Waals surface area contributed by atoms with Crippen LogP contribution in [-0.4, -0.2) is 45.3 Å². The maximum absolute atomic E-state index is 12.4. The summed E-state index contributed by atoms with van der Waals surface area (Å²) in [5.74, 6) is 1.21. The zero-order valence-corrected chi connectivity index (χ0v) is 21.6. The number of imide groups is 1. The maximum atomic E-state index is 12.4. The van der Waals surface area contributed by atoms with Crippen LogP contribution in [-0.2, 0) is 19.2 Å². The summed E-state index contributed by atoms with van der Waals surface area (Å²) in [5.41, 5.74) is 0.381. The van der Waals surface area contributed by atoms with Gasteiger partial charge in [-0.3, -0.25) is 9.59 Å². The van der Waals surface area contributed by atoms with Crippen molar-refractivity contribution in [3.63, 3.8) is 0 Å². The molecule has 2 amide bonds. The van der Waals surface area contributed by atoms with Crippen LogP contribution in [0.1, 0.15) is 97.8 Å². The molecular formula is C28H43NO6. The van der Waals surface area contributed by atoms with Gasteiger partial charge in [-0.05, 0) is 104 Å². The van der Waals surface area contributed by atoms with Crippen LogP contribution < -0.4 is 0 Å². The molecule has 5 aliphatic rings. The van der Waals surface area contributed by atoms with E-state index in [4.69, 9.17) is 4.84 Å². The van der Waals surface area contributed by atoms with Crippen molar-refractivity contribution in [2.24, 2.45) is 46.3 Å². The molecule has 0 aromatic heterocycles. The number of fused-ring (bicyclic) bond motifs is 5. The van der Waals surface area contributed by atoms with Gasteiger partial charge >= 0.3 is 5.97 Å². The molecule has 2 N–H and O–H groups in total. The van der Waals surface area contributed by atoms with Crippen molar-refractivity contribution in [2.45, 2.75) is 110 Å². The number of carbonyl (C=O) groups is 3. The van der Waals surface area contributed by atoms with Gasteiger partial charge < -0.3 is 15.1 Å². The summed E-state index contributed by atoms with van der Waals surface area (Å²) in [6, 6.07) is 0. The third-order valence-corrected chi connectivity index (χ3v) is 11.4. The molecule has 5 rings (SSSR count). The van der Waals surface area contributed by atoms with E-state index in [2.05, 4.69) is 20.8 Å². The van der Waals surface area contributed by atoms with Crippen LogP contribution in [0.4, 0.5) is 0 Å². The van der Waals surface area contributed by atoms with E-state index < -0.39 is 17.8 Å². The van der Waals surface area contributed by atoms with Gasteiger partial charge in [-0.2, -0.15) is 0 Å². The summed E-state index contributed by atoms with van der Waals surface area (Å²) in [6.45, 7) is 7.08. The van der Waals surface area contributed by atoms with Crippen molar-refractivity contribution in [1.82, 2.24) is 5.06 Å². The van der Waals surface area contributed by atoms with Crippen LogP contribution in [0.15, 0.2) is 0 Å². The molecular weight excluding hydrogens is 446 g/mol. The monoisotopic (exact) mass is 489 g/mol. The van der Waals surface area contributed by atoms with E-state index in [0.29, 0.717) is 47.0 Å². The molecule has 4 saturated carbocycles. The van der Waals surface area contributed by atoms with Gasteiger partial charge in [0.25, 0.3) is 11.8 Å². The Hall–Kier alpha value is -1.47. The summed E-state index contributed by atoms with van der Waals surface area (Å²) in [7, 11) is 0. The Morgan fingerprint density at radius 2 is 1.66 bits per heavy atom. The van der Waals surface area contributed by atoms with Gasteiger partial charge in [-0.15, -0.1) is 5.06 Å². The van der Waals surface area contributed by atoms with E-state index >= 15 is 0 Å². The third kappa shape index (κ3) is 4.14. The smallest absolute Gasteiger partial charge is 0.333 e. The first-order chi connectivity index (χ1) is 16.5. The van der Waals surface area contributed by atoms with Gasteiger partial charge in [-0.25, -0.2) is 4.79 Å². The van der Waals surface area contributed by atoms with E-state index in [-0.39, 0.29) is 42.3 Å². The lowest BCUT2D eigenvalue weighted by molar-refractivity contribution is -0.197. The fraction of sp³-hybridized carbons (Fsp3) is 0.893. The molecule has 196 valence electrons. The SMILES string of the molecule is C[C@H](CCC(=O)ON1C(=O)CCC1=O)[C@H]1CC[C@H]2[C@@H]3[C@H](O)C[C@@H]4C[C@H](O)CC[C@]4(C)[C@H]3CC[C@]12C. The third-order valence-electron chi connectivity index (χ3n) is 11.4. The summed E-state index contributed by atoms with van der Waals surface area (Å²) in [5, 5.41) is 22.3. The average Bonchev–Trinajstić information content (AvgIpc) is 3.32. The molecule has 1 aliphatic heterocycles. The molecule has 0 radical (unpaired) electrons. The lowest BCUT2D eigenvalue weighted by Crippen LogP contribution is -2.58. The number of hydroxylamine groups is 2. The second-order valence-corrected chi connectivity index (χ2v) is 13.0. The van der Waals surface area contributed by atoms with Gasteiger partial charge in [0, 0.05) is 19.3 Å². The van der Waals surface area contributed by atoms with Gasteiger partial charge in [0.2, 0.25) is 0 Å². The van der Waals surface area contributed by atoms with E-state index in [9.17, 15) is 24.6 Å². The Balaban J connectivity index is 1.23. The molecule has 0 bridgehead atoms. The fourth-order valence-electron chi connectivity index (χ4n) is 9.53. The zero-order chi connectivity index (χ0) is 25.1. The standard InChI is InChI=1S/C28H43NO6/c1-16(4-9-25(34)35-29-23(32)7-8-24(29)33)19-5-6-20-26-21(11-13-28(19,20)3)27(2)12-10-18(30)14-17(27)15-22(26)31/h16-22,26,30-31H,4-15H2,1-3H3/t16-,17+,18-,19-,20+,21+,22-,26+,27+,28-/m1/s1. The molecule has 0 spiro atoms. The number of amides is 2. The molecule has 1 saturated heterocycles. The number of carbonyl (C=O) groups excluding carboxylic acids is 3. The van der Waals surface area contributed by atoms with Crippen LogP contribution in [0, 0.1) is 46.3 Å². The lowest BCUT2D eigenvalue weighted by Gasteiger charge is -2.62. The second-order valence-electron chi connectivity index (χ2n) is 13.0. The van der Waals surface area contributed by atoms with Crippen LogP contribution >= 0.6 is 0 Å². The predicted octanol–water partition coefficient (Wildman–Crippen LogP) is 4.00. The van der Waals surface area contributed by atoms with Crippen LogP contribution in [0.2, 0.25) is 0 Å². The highest BCUT2D eigenvalue weighted by Crippen LogP contribution is 2.68. The Bertz CT molecular complexity index is 860. The first-order valence-corrected chi connectivity index (χ1v) is 14.0. The molecule has 35 heavy (non-hydrogen) atoms. The minimum Gasteiger partial charge on any atom is -0.393 e. The molecule has 1 heterocycles. The van der Waals surface area contributed by atoms with Crippen LogP contribution in [0.3, 0.4) is 0 Å². The van der Waals surface area contributed by atoms with Crippen molar-refractivity contribution < 1.29 is 29.4 Å². The van der Waals surface area contributed by atoms with Crippen molar-refractivity contribution in [3.05, 3.63) is 0 Å². The van der Waals surface area contributed by atoms with E-state index in [1.165, 1.54) is 0 Å². The number of nitrogens with zero attached hydrogens (tertiary/aromatic N) is 1. The summed E-state index contributed by atoms with van der Waals surface area (Å²) in [4.78, 5) is 40.9. The molecule has 4 aliphatic carbocycles. The highest BCUT2D eigenvalue weighted by molar-refractivity contribution is 6.01. The first kappa shape index (κ1) is 25.2. The van der Waals surface area contributed by atoms with Crippen molar-refractivity contribution in [2.75, 3.05) is 0 Å². The minimum absolute atomic E-state index is 0.110. The molecule has 0 unspecified atom stereocenters. The van der Waals surface area contributed by atoms with Crippen molar-refractivity contribution in [3.8, 4) is 0 Å². The highest BCUT2D eigenvalue weighted by Gasteiger charge is 2.62. The van der Waals surface area contributed by atoms with Crippen LogP contribution in [0.25, 0.3) is 0 Å². The summed E-state index contributed by atoms with van der Waals surface area (Å²) < 4.78 is 0. The Kier molecular flexibility index (Phi) is 6.57. The average molecular weight is 490 g/mol. The number of aliphatic hydroxyl groups excluding tert-OH is 2. The zero-order valence-electron chi connectivity index (χ0n) is 21.6. The topological polar surface area (TPSA) is 104 Å². The molecule has 7 heteroatoms. The number of rotatable bonds is 5. The van der Waals surface area contributed by atoms with Crippen molar-refractivity contribution in [1.29, 1.82) is 0 Å². The Morgan fingerprint density at radius 1 is 1.00 bits per heavy atom. The van der Waals surface area contributed by atoms with Gasteiger partial charge in [0.15, 0.2) is 0 Å². The van der Waals surface area contributed by atoms with Gasteiger partial charge in [-0.1, -0.05) is 20.8 Å². The summed E-state index contributed by atoms with van der Waals surface area (Å²) in [6.07, 6.45) is 8.77. The van der Waals surface area contributed by atoms with Crippen LogP contribution in [0.5, 0.6) is 0 Å². The lowest BCUT2D eigenvalue weighted by atomic mass is 9.43. The minimum atomic E-state index is -0.509. The van der Waals surface area contributed by atoms with E-state index in [1.807, 2.05) is 0 Å². The second kappa shape index (κ2) is 9.13. The molecule has 10 atom stereocenters. The predicted molar refractivity (Wildman–Crippen MR) is 128 cm³/mol. The molecule has 7 nitrogen and oxygen atoms in total. The normalized spacial score (nSPS) is 46.1. The van der Waals surface area contributed by atoms with E-state index in [0.717, 1.165) is 51.4 Å². The highest BCUT2D eigenvalue weighted by atomic mass is 16.7. The summed E-state index contributed by atoms with van der Waals surface area (Å²) >= 11 is 0. The molecule has 0 aromatic rings. The quantitative estimate of drug-likeness (QED) is 0.566. The number of hydrogen-bond donors (Lipinski definition) is 2. The Labute approximate surface area is 208 Å². The number of aliphatic hydroxyl groups is 2. The maximum Gasteiger partial charge on any atom is 0.333 e.